The summed E-state index contributed by atoms with van der Waals surface area (Å²) in [4.78, 5) is 18.8. The van der Waals surface area contributed by atoms with E-state index in [-0.39, 0.29) is 11.7 Å². The molecule has 8 heteroatoms. The lowest BCUT2D eigenvalue weighted by molar-refractivity contribution is -0.0498. The Balaban J connectivity index is 1.63. The van der Waals surface area contributed by atoms with Crippen LogP contribution in [0.1, 0.15) is 22.3 Å². The number of carbonyl (C=O) groups excluding carboxylic acids is 1. The fourth-order valence-electron chi connectivity index (χ4n) is 3.26. The molecule has 1 amide bonds. The molecule has 0 unspecified atom stereocenters. The van der Waals surface area contributed by atoms with Crippen LogP contribution in [0.5, 0.6) is 5.75 Å². The van der Waals surface area contributed by atoms with Gasteiger partial charge in [-0.15, -0.1) is 0 Å². The van der Waals surface area contributed by atoms with E-state index >= 15 is 0 Å². The van der Waals surface area contributed by atoms with E-state index in [0.29, 0.717) is 24.4 Å². The lowest BCUT2D eigenvalue weighted by Crippen LogP contribution is -2.35. The number of aryl methyl sites for hydroxylation is 1. The van der Waals surface area contributed by atoms with Gasteiger partial charge in [-0.25, -0.2) is 4.98 Å². The van der Waals surface area contributed by atoms with E-state index < -0.39 is 6.61 Å². The number of H-pyrrole nitrogens is 1. The normalized spacial score (nSPS) is 13.5. The molecule has 138 valence electrons. The second-order valence-electron chi connectivity index (χ2n) is 6.14. The topological polar surface area (TPSA) is 71.1 Å². The Labute approximate surface area is 153 Å². The molecule has 1 aliphatic rings. The van der Waals surface area contributed by atoms with Gasteiger partial charge in [-0.1, -0.05) is 12.1 Å². The number of hydrogen-bond donors (Lipinski definition) is 1. The number of hydrogen-bond acceptors (Lipinski definition) is 4. The van der Waals surface area contributed by atoms with Crippen LogP contribution in [0.2, 0.25) is 0 Å². The van der Waals surface area contributed by atoms with Gasteiger partial charge in [-0.2, -0.15) is 13.9 Å². The highest BCUT2D eigenvalue weighted by Gasteiger charge is 2.24. The molecule has 0 aliphatic carbocycles. The Morgan fingerprint density at radius 2 is 2.11 bits per heavy atom. The van der Waals surface area contributed by atoms with Gasteiger partial charge in [-0.05, 0) is 48.7 Å². The fraction of sp³-hybridized carbons (Fsp3) is 0.211. The van der Waals surface area contributed by atoms with Gasteiger partial charge in [0, 0.05) is 23.4 Å². The van der Waals surface area contributed by atoms with Crippen LogP contribution >= 0.6 is 0 Å². The average molecular weight is 370 g/mol. The number of amides is 1. The van der Waals surface area contributed by atoms with E-state index in [1.165, 1.54) is 12.4 Å². The monoisotopic (exact) mass is 370 g/mol. The number of nitrogens with zero attached hydrogens (tertiary/aromatic N) is 3. The Hall–Kier alpha value is -3.29. The van der Waals surface area contributed by atoms with Crippen LogP contribution in [-0.2, 0) is 6.42 Å². The molecule has 6 nitrogen and oxygen atoms in total. The van der Waals surface area contributed by atoms with Crippen LogP contribution in [0.4, 0.5) is 14.5 Å². The fourth-order valence-corrected chi connectivity index (χ4v) is 3.26. The summed E-state index contributed by atoms with van der Waals surface area (Å²) in [7, 11) is 0. The van der Waals surface area contributed by atoms with E-state index in [1.807, 2.05) is 6.07 Å². The second-order valence-corrected chi connectivity index (χ2v) is 6.14. The molecule has 3 aromatic rings. The van der Waals surface area contributed by atoms with E-state index in [1.54, 1.807) is 35.2 Å². The number of ether oxygens (including phenoxy) is 1. The Bertz CT molecular complexity index is 960. The number of aromatic amines is 1. The number of anilines is 1. The van der Waals surface area contributed by atoms with Crippen molar-refractivity contribution in [3.8, 4) is 17.1 Å². The van der Waals surface area contributed by atoms with Crippen molar-refractivity contribution in [1.82, 2.24) is 15.2 Å². The van der Waals surface area contributed by atoms with Gasteiger partial charge in [0.25, 0.3) is 5.91 Å². The highest BCUT2D eigenvalue weighted by atomic mass is 19.3. The molecule has 0 fully saturated rings. The van der Waals surface area contributed by atoms with Gasteiger partial charge in [0.05, 0.1) is 0 Å². The van der Waals surface area contributed by atoms with Crippen LogP contribution in [0.3, 0.4) is 0 Å². The molecule has 0 saturated carbocycles. The van der Waals surface area contributed by atoms with Gasteiger partial charge in [0.15, 0.2) is 5.82 Å². The number of halogens is 2. The minimum Gasteiger partial charge on any atom is -0.435 e. The van der Waals surface area contributed by atoms with Crippen molar-refractivity contribution in [1.29, 1.82) is 0 Å². The van der Waals surface area contributed by atoms with Crippen molar-refractivity contribution in [3.63, 3.8) is 0 Å². The number of nitrogens with one attached hydrogen (secondary N) is 1. The van der Waals surface area contributed by atoms with E-state index in [0.717, 1.165) is 23.2 Å². The summed E-state index contributed by atoms with van der Waals surface area (Å²) in [6.07, 6.45) is 2.86. The van der Waals surface area contributed by atoms with Gasteiger partial charge < -0.3 is 9.64 Å². The Morgan fingerprint density at radius 3 is 2.89 bits per heavy atom. The number of alkyl halides is 2. The maximum Gasteiger partial charge on any atom is 0.387 e. The van der Waals surface area contributed by atoms with Crippen molar-refractivity contribution in [2.45, 2.75) is 19.5 Å². The third-order valence-corrected chi connectivity index (χ3v) is 4.44. The highest BCUT2D eigenvalue weighted by Crippen LogP contribution is 2.32. The maximum atomic E-state index is 13.1. The first kappa shape index (κ1) is 17.1. The first-order valence-corrected chi connectivity index (χ1v) is 8.47. The summed E-state index contributed by atoms with van der Waals surface area (Å²) in [6.45, 7) is -2.31. The lowest BCUT2D eigenvalue weighted by atomic mass is 10.00. The maximum absolute atomic E-state index is 13.1. The molecule has 0 saturated heterocycles. The zero-order chi connectivity index (χ0) is 18.8. The van der Waals surface area contributed by atoms with Crippen LogP contribution < -0.4 is 9.64 Å². The summed E-state index contributed by atoms with van der Waals surface area (Å²) in [5, 5.41) is 6.60. The Morgan fingerprint density at radius 1 is 1.22 bits per heavy atom. The third kappa shape index (κ3) is 3.51. The standard InChI is InChI=1S/C19H16F2N4O2/c20-19(21)27-15-6-7-16-12(10-15)5-2-8-25(16)18(26)14-4-1-3-13(9-14)17-22-11-23-24-17/h1,3-4,6-7,9-11,19H,2,5,8H2,(H,22,23,24). The van der Waals surface area contributed by atoms with Crippen LogP contribution in [0.25, 0.3) is 11.4 Å². The second kappa shape index (κ2) is 7.14. The smallest absolute Gasteiger partial charge is 0.387 e. The molecule has 2 aromatic carbocycles. The van der Waals surface area contributed by atoms with E-state index in [2.05, 4.69) is 19.9 Å². The average Bonchev–Trinajstić information content (AvgIpc) is 3.21. The molecule has 1 aromatic heterocycles. The molecular weight excluding hydrogens is 354 g/mol. The van der Waals surface area contributed by atoms with Crippen molar-refractivity contribution >= 4 is 11.6 Å². The molecule has 27 heavy (non-hydrogen) atoms. The summed E-state index contributed by atoms with van der Waals surface area (Å²) in [5.74, 6) is 0.530. The summed E-state index contributed by atoms with van der Waals surface area (Å²) >= 11 is 0. The predicted octanol–water partition coefficient (Wildman–Crippen LogP) is 3.67. The summed E-state index contributed by atoms with van der Waals surface area (Å²) < 4.78 is 29.3. The molecule has 0 spiro atoms. The Kier molecular flexibility index (Phi) is 4.53. The number of aromatic nitrogens is 3. The largest absolute Gasteiger partial charge is 0.435 e. The van der Waals surface area contributed by atoms with Crippen molar-refractivity contribution in [2.24, 2.45) is 0 Å². The van der Waals surface area contributed by atoms with Gasteiger partial charge >= 0.3 is 6.61 Å². The number of carbonyl (C=O) groups is 1. The summed E-state index contributed by atoms with van der Waals surface area (Å²) in [6, 6.07) is 11.8. The van der Waals surface area contributed by atoms with Gasteiger partial charge in [0.1, 0.15) is 12.1 Å². The molecule has 0 radical (unpaired) electrons. The van der Waals surface area contributed by atoms with Crippen LogP contribution in [0.15, 0.2) is 48.8 Å². The first-order chi connectivity index (χ1) is 13.1. The predicted molar refractivity (Wildman–Crippen MR) is 94.9 cm³/mol. The summed E-state index contributed by atoms with van der Waals surface area (Å²) in [5.41, 5.74) is 2.82. The van der Waals surface area contributed by atoms with Gasteiger partial charge in [0.2, 0.25) is 0 Å². The highest BCUT2D eigenvalue weighted by molar-refractivity contribution is 6.07. The quantitative estimate of drug-likeness (QED) is 0.761. The molecular formula is C19H16F2N4O2. The van der Waals surface area contributed by atoms with Gasteiger partial charge in [-0.3, -0.25) is 9.89 Å². The molecule has 2 heterocycles. The van der Waals surface area contributed by atoms with Crippen LogP contribution in [-0.4, -0.2) is 34.2 Å². The molecule has 1 aliphatic heterocycles. The van der Waals surface area contributed by atoms with E-state index in [4.69, 9.17) is 0 Å². The van der Waals surface area contributed by atoms with Crippen LogP contribution in [0, 0.1) is 0 Å². The van der Waals surface area contributed by atoms with Crippen molar-refractivity contribution in [3.05, 3.63) is 59.9 Å². The first-order valence-electron chi connectivity index (χ1n) is 8.47. The minimum atomic E-state index is -2.87. The SMILES string of the molecule is O=C(c1cccc(-c2ncn[nH]2)c1)N1CCCc2cc(OC(F)F)ccc21. The lowest BCUT2D eigenvalue weighted by Gasteiger charge is -2.30. The molecule has 1 N–H and O–H groups in total. The van der Waals surface area contributed by atoms with Crippen molar-refractivity contribution in [2.75, 3.05) is 11.4 Å². The minimum absolute atomic E-state index is 0.102. The number of benzene rings is 2. The molecule has 0 bridgehead atoms. The zero-order valence-electron chi connectivity index (χ0n) is 14.2. The zero-order valence-corrected chi connectivity index (χ0v) is 14.2. The molecule has 0 atom stereocenters. The van der Waals surface area contributed by atoms with E-state index in [9.17, 15) is 13.6 Å². The number of rotatable bonds is 4. The van der Waals surface area contributed by atoms with Crippen molar-refractivity contribution < 1.29 is 18.3 Å². The third-order valence-electron chi connectivity index (χ3n) is 4.44. The number of fused-ring (bicyclic) bond motifs is 1. The molecule has 4 rings (SSSR count).